The molecular weight excluding hydrogens is 562 g/mol. The van der Waals surface area contributed by atoms with Crippen molar-refractivity contribution in [3.8, 4) is 17.2 Å². The molecule has 8 nitrogen and oxygen atoms in total. The van der Waals surface area contributed by atoms with Gasteiger partial charge in [0, 0.05) is 46.8 Å². The van der Waals surface area contributed by atoms with Gasteiger partial charge in [-0.1, -0.05) is 24.6 Å². The van der Waals surface area contributed by atoms with Crippen molar-refractivity contribution in [1.29, 1.82) is 0 Å². The van der Waals surface area contributed by atoms with Crippen molar-refractivity contribution in [3.05, 3.63) is 114 Å². The number of urea groups is 1. The van der Waals surface area contributed by atoms with E-state index < -0.39 is 0 Å². The van der Waals surface area contributed by atoms with Gasteiger partial charge in [-0.3, -0.25) is 9.69 Å². The van der Waals surface area contributed by atoms with Crippen LogP contribution in [-0.4, -0.2) is 40.5 Å². The molecule has 0 saturated carbocycles. The molecule has 0 radical (unpaired) electrons. The standard InChI is InChI=1S/C37H39N5O3/c1-26(2)38-37(44)40-30-14-20-33(21-15-30)45-32-18-12-29(13-19-32)39-36(43)27-10-16-31(17-11-27)42-25-28(24-41-22-6-3-7-23-41)34-8-4-5-9-35(34)42/h4-5,8-21,25-26H,3,6-7,22-24H2,1-2H3,(H,39,43)(H2,38,40,44). The molecule has 3 N–H and O–H groups in total. The van der Waals surface area contributed by atoms with Gasteiger partial charge in [0.05, 0.1) is 5.52 Å². The minimum absolute atomic E-state index is 0.0555. The van der Waals surface area contributed by atoms with E-state index in [0.717, 1.165) is 25.3 Å². The van der Waals surface area contributed by atoms with Crippen molar-refractivity contribution in [2.45, 2.75) is 45.7 Å². The highest BCUT2D eigenvalue weighted by Crippen LogP contribution is 2.28. The lowest BCUT2D eigenvalue weighted by molar-refractivity contribution is 0.102. The molecule has 1 aliphatic heterocycles. The number of nitrogens with zero attached hydrogens (tertiary/aromatic N) is 2. The van der Waals surface area contributed by atoms with Gasteiger partial charge >= 0.3 is 6.03 Å². The Morgan fingerprint density at radius 3 is 2.02 bits per heavy atom. The molecule has 0 atom stereocenters. The summed E-state index contributed by atoms with van der Waals surface area (Å²) in [6.45, 7) is 7.09. The number of ether oxygens (including phenoxy) is 1. The first-order valence-corrected chi connectivity index (χ1v) is 15.6. The summed E-state index contributed by atoms with van der Waals surface area (Å²) in [6, 6.07) is 30.4. The Morgan fingerprint density at radius 2 is 1.38 bits per heavy atom. The SMILES string of the molecule is CC(C)NC(=O)Nc1ccc(Oc2ccc(NC(=O)c3ccc(-n4cc(CN5CCCCC5)c5ccccc54)cc3)cc2)cc1. The third kappa shape index (κ3) is 7.53. The van der Waals surface area contributed by atoms with Crippen LogP contribution in [0.25, 0.3) is 16.6 Å². The largest absolute Gasteiger partial charge is 0.457 e. The Hall–Kier alpha value is -5.08. The normalized spacial score (nSPS) is 13.5. The fraction of sp³-hybridized carbons (Fsp3) is 0.243. The minimum atomic E-state index is -0.251. The average Bonchev–Trinajstić information content (AvgIpc) is 3.41. The van der Waals surface area contributed by atoms with Gasteiger partial charge in [-0.25, -0.2) is 4.79 Å². The molecular formula is C37H39N5O3. The first-order chi connectivity index (χ1) is 21.9. The third-order valence-corrected chi connectivity index (χ3v) is 7.92. The van der Waals surface area contributed by atoms with Crippen LogP contribution in [0.15, 0.2) is 103 Å². The number of rotatable bonds is 9. The zero-order chi connectivity index (χ0) is 31.2. The van der Waals surface area contributed by atoms with E-state index in [-0.39, 0.29) is 18.0 Å². The quantitative estimate of drug-likeness (QED) is 0.159. The highest BCUT2D eigenvalue weighted by Gasteiger charge is 2.16. The highest BCUT2D eigenvalue weighted by molar-refractivity contribution is 6.04. The number of hydrogen-bond donors (Lipinski definition) is 3. The average molecular weight is 602 g/mol. The molecule has 8 heteroatoms. The summed E-state index contributed by atoms with van der Waals surface area (Å²) in [6.07, 6.45) is 6.12. The Kier molecular flexibility index (Phi) is 9.12. The summed E-state index contributed by atoms with van der Waals surface area (Å²) in [5.74, 6) is 1.09. The number of piperidine rings is 1. The lowest BCUT2D eigenvalue weighted by Gasteiger charge is -2.26. The van der Waals surface area contributed by atoms with Crippen LogP contribution in [0.4, 0.5) is 16.2 Å². The van der Waals surface area contributed by atoms with E-state index in [2.05, 4.69) is 55.9 Å². The molecule has 2 heterocycles. The fourth-order valence-electron chi connectivity index (χ4n) is 5.70. The minimum Gasteiger partial charge on any atom is -0.457 e. The van der Waals surface area contributed by atoms with Crippen molar-refractivity contribution < 1.29 is 14.3 Å². The van der Waals surface area contributed by atoms with Crippen LogP contribution < -0.4 is 20.7 Å². The maximum Gasteiger partial charge on any atom is 0.319 e. The van der Waals surface area contributed by atoms with E-state index >= 15 is 0 Å². The molecule has 230 valence electrons. The second-order valence-corrected chi connectivity index (χ2v) is 11.8. The van der Waals surface area contributed by atoms with E-state index in [1.807, 2.05) is 50.2 Å². The predicted molar refractivity (Wildman–Crippen MR) is 181 cm³/mol. The molecule has 0 aliphatic carbocycles. The number of benzene rings is 4. The van der Waals surface area contributed by atoms with Crippen LogP contribution in [0.2, 0.25) is 0 Å². The van der Waals surface area contributed by atoms with Crippen LogP contribution in [0.5, 0.6) is 11.5 Å². The van der Waals surface area contributed by atoms with Crippen LogP contribution in [0, 0.1) is 0 Å². The van der Waals surface area contributed by atoms with Crippen LogP contribution >= 0.6 is 0 Å². The van der Waals surface area contributed by atoms with Crippen molar-refractivity contribution in [2.75, 3.05) is 23.7 Å². The maximum absolute atomic E-state index is 13.1. The lowest BCUT2D eigenvalue weighted by Crippen LogP contribution is -2.34. The Bertz CT molecular complexity index is 1750. The molecule has 0 unspecified atom stereocenters. The van der Waals surface area contributed by atoms with Gasteiger partial charge in [0.25, 0.3) is 5.91 Å². The molecule has 1 saturated heterocycles. The van der Waals surface area contributed by atoms with Crippen molar-refractivity contribution >= 4 is 34.2 Å². The molecule has 0 spiro atoms. The van der Waals surface area contributed by atoms with Gasteiger partial charge in [0.2, 0.25) is 0 Å². The van der Waals surface area contributed by atoms with Gasteiger partial charge in [-0.05, 0) is 124 Å². The van der Waals surface area contributed by atoms with Crippen LogP contribution in [0.3, 0.4) is 0 Å². The lowest BCUT2D eigenvalue weighted by atomic mass is 10.1. The Balaban J connectivity index is 1.07. The molecule has 1 fully saturated rings. The number of carbonyl (C=O) groups is 2. The number of hydrogen-bond acceptors (Lipinski definition) is 4. The van der Waals surface area contributed by atoms with Gasteiger partial charge in [0.1, 0.15) is 11.5 Å². The number of amides is 3. The van der Waals surface area contributed by atoms with E-state index in [9.17, 15) is 9.59 Å². The monoisotopic (exact) mass is 601 g/mol. The first kappa shape index (κ1) is 30.0. The number of anilines is 2. The molecule has 4 aromatic carbocycles. The number of nitrogens with one attached hydrogen (secondary N) is 3. The van der Waals surface area contributed by atoms with Crippen molar-refractivity contribution in [1.82, 2.24) is 14.8 Å². The second-order valence-electron chi connectivity index (χ2n) is 11.8. The highest BCUT2D eigenvalue weighted by atomic mass is 16.5. The second kappa shape index (κ2) is 13.7. The van der Waals surface area contributed by atoms with E-state index in [0.29, 0.717) is 28.4 Å². The molecule has 5 aromatic rings. The van der Waals surface area contributed by atoms with Crippen LogP contribution in [-0.2, 0) is 6.54 Å². The molecule has 6 rings (SSSR count). The molecule has 1 aliphatic rings. The summed E-state index contributed by atoms with van der Waals surface area (Å²) < 4.78 is 8.16. The Labute approximate surface area is 264 Å². The summed E-state index contributed by atoms with van der Waals surface area (Å²) in [4.78, 5) is 27.5. The van der Waals surface area contributed by atoms with Gasteiger partial charge in [-0.2, -0.15) is 0 Å². The van der Waals surface area contributed by atoms with E-state index in [4.69, 9.17) is 4.74 Å². The molecule has 1 aromatic heterocycles. The summed E-state index contributed by atoms with van der Waals surface area (Å²) >= 11 is 0. The fourth-order valence-corrected chi connectivity index (χ4v) is 5.70. The number of likely N-dealkylation sites (tertiary alicyclic amines) is 1. The molecule has 3 amide bonds. The third-order valence-electron chi connectivity index (χ3n) is 7.92. The number of aromatic nitrogens is 1. The van der Waals surface area contributed by atoms with E-state index in [1.54, 1.807) is 36.4 Å². The topological polar surface area (TPSA) is 87.6 Å². The number of para-hydroxylation sites is 1. The number of carbonyl (C=O) groups excluding carboxylic acids is 2. The van der Waals surface area contributed by atoms with Gasteiger partial charge < -0.3 is 25.3 Å². The summed E-state index contributed by atoms with van der Waals surface area (Å²) in [7, 11) is 0. The Morgan fingerprint density at radius 1 is 0.756 bits per heavy atom. The molecule has 0 bridgehead atoms. The molecule has 45 heavy (non-hydrogen) atoms. The van der Waals surface area contributed by atoms with Crippen LogP contribution in [0.1, 0.15) is 49.0 Å². The van der Waals surface area contributed by atoms with Crippen molar-refractivity contribution in [2.24, 2.45) is 0 Å². The zero-order valence-electron chi connectivity index (χ0n) is 25.8. The predicted octanol–water partition coefficient (Wildman–Crippen LogP) is 8.19. The van der Waals surface area contributed by atoms with E-state index in [1.165, 1.54) is 35.7 Å². The summed E-state index contributed by atoms with van der Waals surface area (Å²) in [5.41, 5.74) is 5.46. The number of fused-ring (bicyclic) bond motifs is 1. The zero-order valence-corrected chi connectivity index (χ0v) is 25.8. The maximum atomic E-state index is 13.1. The summed E-state index contributed by atoms with van der Waals surface area (Å²) in [5, 5.41) is 9.83. The first-order valence-electron chi connectivity index (χ1n) is 15.6. The van der Waals surface area contributed by atoms with Gasteiger partial charge in [0.15, 0.2) is 0 Å². The van der Waals surface area contributed by atoms with Gasteiger partial charge in [-0.15, -0.1) is 0 Å². The smallest absolute Gasteiger partial charge is 0.319 e. The van der Waals surface area contributed by atoms with Crippen molar-refractivity contribution in [3.63, 3.8) is 0 Å².